The van der Waals surface area contributed by atoms with Gasteiger partial charge in [-0.3, -0.25) is 4.79 Å². The number of thiazole rings is 2. The van der Waals surface area contributed by atoms with Gasteiger partial charge in [-0.25, -0.2) is 9.97 Å². The fraction of sp³-hybridized carbons (Fsp3) is 0.625. The molecule has 2 aromatic rings. The Morgan fingerprint density at radius 3 is 2.83 bits per heavy atom. The Balaban J connectivity index is 1.13. The zero-order chi connectivity index (χ0) is 24.8. The first-order valence-corrected chi connectivity index (χ1v) is 13.6. The third-order valence-electron chi connectivity index (χ3n) is 6.24. The molecule has 0 aromatic carbocycles. The van der Waals surface area contributed by atoms with E-state index in [1.165, 1.54) is 11.3 Å². The average Bonchev–Trinajstić information content (AvgIpc) is 3.36. The predicted octanol–water partition coefficient (Wildman–Crippen LogP) is 5.11. The molecular formula is C24H30F3N3O3S2. The van der Waals surface area contributed by atoms with Gasteiger partial charge in [0, 0.05) is 42.7 Å². The highest BCUT2D eigenvalue weighted by Gasteiger charge is 2.30. The van der Waals surface area contributed by atoms with Gasteiger partial charge >= 0.3 is 6.18 Å². The lowest BCUT2D eigenvalue weighted by molar-refractivity contribution is -0.153. The highest BCUT2D eigenvalue weighted by atomic mass is 32.1. The molecule has 0 unspecified atom stereocenters. The molecule has 0 amide bonds. The second-order valence-electron chi connectivity index (χ2n) is 9.08. The smallest absolute Gasteiger partial charge is 0.422 e. The number of hydrogen-bond acceptors (Lipinski definition) is 8. The van der Waals surface area contributed by atoms with Crippen LogP contribution in [0, 0.1) is 12.8 Å². The minimum Gasteiger partial charge on any atom is -0.460 e. The Hall–Kier alpha value is -1.82. The van der Waals surface area contributed by atoms with E-state index in [2.05, 4.69) is 14.9 Å². The van der Waals surface area contributed by atoms with Crippen molar-refractivity contribution in [1.82, 2.24) is 14.9 Å². The van der Waals surface area contributed by atoms with Crippen molar-refractivity contribution in [1.29, 1.82) is 0 Å². The molecule has 2 aromatic heterocycles. The molecule has 4 heterocycles. The number of aromatic nitrogens is 2. The monoisotopic (exact) mass is 529 g/mol. The molecule has 4 rings (SSSR count). The maximum absolute atomic E-state index is 12.4. The second kappa shape index (κ2) is 11.9. The van der Waals surface area contributed by atoms with Gasteiger partial charge in [0.05, 0.1) is 29.1 Å². The molecule has 35 heavy (non-hydrogen) atoms. The first-order chi connectivity index (χ1) is 16.7. The molecule has 1 saturated heterocycles. The third-order valence-corrected chi connectivity index (χ3v) is 8.10. The number of halogens is 3. The van der Waals surface area contributed by atoms with E-state index >= 15 is 0 Å². The van der Waals surface area contributed by atoms with Gasteiger partial charge in [-0.1, -0.05) is 11.3 Å². The summed E-state index contributed by atoms with van der Waals surface area (Å²) in [4.78, 5) is 24.3. The molecule has 2 atom stereocenters. The molecule has 6 nitrogen and oxygen atoms in total. The lowest BCUT2D eigenvalue weighted by atomic mass is 9.92. The summed E-state index contributed by atoms with van der Waals surface area (Å²) in [6.45, 7) is 3.84. The maximum Gasteiger partial charge on any atom is 0.422 e. The summed E-state index contributed by atoms with van der Waals surface area (Å²) in [6, 6.07) is 0. The SMILES string of the molecule is Cc1nc(/C=C/C(=O)C[C@H]2CC[C@H](CCN3CCc4nc(OCC(F)(F)F)sc4CC3)OC2)cs1. The second-order valence-corrected chi connectivity index (χ2v) is 11.2. The van der Waals surface area contributed by atoms with Crippen molar-refractivity contribution in [3.8, 4) is 5.19 Å². The van der Waals surface area contributed by atoms with E-state index in [4.69, 9.17) is 9.47 Å². The van der Waals surface area contributed by atoms with Crippen molar-refractivity contribution in [3.05, 3.63) is 32.7 Å². The van der Waals surface area contributed by atoms with Crippen LogP contribution in [0.5, 0.6) is 5.19 Å². The van der Waals surface area contributed by atoms with Gasteiger partial charge in [-0.05, 0) is 50.7 Å². The van der Waals surface area contributed by atoms with Gasteiger partial charge in [0.2, 0.25) is 0 Å². The number of ketones is 1. The molecule has 192 valence electrons. The Morgan fingerprint density at radius 1 is 1.29 bits per heavy atom. The van der Waals surface area contributed by atoms with E-state index in [-0.39, 0.29) is 23.0 Å². The highest BCUT2D eigenvalue weighted by Crippen LogP contribution is 2.30. The van der Waals surface area contributed by atoms with Crippen LogP contribution in [0.3, 0.4) is 0 Å². The molecule has 0 saturated carbocycles. The molecule has 0 bridgehead atoms. The van der Waals surface area contributed by atoms with Gasteiger partial charge in [-0.2, -0.15) is 13.2 Å². The van der Waals surface area contributed by atoms with Crippen LogP contribution >= 0.6 is 22.7 Å². The maximum atomic E-state index is 12.4. The number of allylic oxidation sites excluding steroid dienone is 1. The topological polar surface area (TPSA) is 64.6 Å². The largest absolute Gasteiger partial charge is 0.460 e. The third kappa shape index (κ3) is 8.37. The minimum absolute atomic E-state index is 0.109. The zero-order valence-corrected chi connectivity index (χ0v) is 21.3. The molecule has 0 N–H and O–H groups in total. The number of carbonyl (C=O) groups excluding carboxylic acids is 1. The van der Waals surface area contributed by atoms with Gasteiger partial charge < -0.3 is 14.4 Å². The number of hydrogen-bond donors (Lipinski definition) is 0. The van der Waals surface area contributed by atoms with Crippen molar-refractivity contribution >= 4 is 34.5 Å². The predicted molar refractivity (Wildman–Crippen MR) is 130 cm³/mol. The Morgan fingerprint density at radius 2 is 2.11 bits per heavy atom. The van der Waals surface area contributed by atoms with Gasteiger partial charge in [0.15, 0.2) is 12.4 Å². The fourth-order valence-electron chi connectivity index (χ4n) is 4.38. The zero-order valence-electron chi connectivity index (χ0n) is 19.7. The Labute approximate surface area is 211 Å². The summed E-state index contributed by atoms with van der Waals surface area (Å²) in [5.41, 5.74) is 1.69. The van der Waals surface area contributed by atoms with Gasteiger partial charge in [0.1, 0.15) is 0 Å². The van der Waals surface area contributed by atoms with E-state index in [9.17, 15) is 18.0 Å². The molecule has 0 spiro atoms. The molecule has 0 radical (unpaired) electrons. The van der Waals surface area contributed by atoms with E-state index < -0.39 is 12.8 Å². The van der Waals surface area contributed by atoms with Gasteiger partial charge in [-0.15, -0.1) is 11.3 Å². The molecule has 1 fully saturated rings. The van der Waals surface area contributed by atoms with Crippen molar-refractivity contribution < 1.29 is 27.4 Å². The van der Waals surface area contributed by atoms with Crippen molar-refractivity contribution in [3.63, 3.8) is 0 Å². The van der Waals surface area contributed by atoms with Crippen molar-refractivity contribution in [2.45, 2.75) is 57.7 Å². The number of nitrogens with zero attached hydrogens (tertiary/aromatic N) is 3. The number of rotatable bonds is 9. The molecular weight excluding hydrogens is 499 g/mol. The van der Waals surface area contributed by atoms with Crippen LogP contribution in [0.15, 0.2) is 11.5 Å². The highest BCUT2D eigenvalue weighted by molar-refractivity contribution is 7.13. The lowest BCUT2D eigenvalue weighted by Crippen LogP contribution is -2.33. The van der Waals surface area contributed by atoms with Crippen LogP contribution in [-0.4, -0.2) is 65.8 Å². The first-order valence-electron chi connectivity index (χ1n) is 11.9. The first kappa shape index (κ1) is 26.2. The van der Waals surface area contributed by atoms with Crippen LogP contribution in [-0.2, 0) is 22.4 Å². The van der Waals surface area contributed by atoms with Crippen molar-refractivity contribution in [2.24, 2.45) is 5.92 Å². The number of carbonyl (C=O) groups is 1. The van der Waals surface area contributed by atoms with Crippen LogP contribution < -0.4 is 4.74 Å². The number of ether oxygens (including phenoxy) is 2. The summed E-state index contributed by atoms with van der Waals surface area (Å²) in [5, 5.41) is 3.04. The van der Waals surface area contributed by atoms with E-state index in [1.807, 2.05) is 12.3 Å². The van der Waals surface area contributed by atoms with Crippen LogP contribution in [0.1, 0.15) is 47.0 Å². The summed E-state index contributed by atoms with van der Waals surface area (Å²) in [5.74, 6) is 0.370. The van der Waals surface area contributed by atoms with E-state index in [0.717, 1.165) is 66.6 Å². The summed E-state index contributed by atoms with van der Waals surface area (Å²) >= 11 is 2.79. The van der Waals surface area contributed by atoms with Crippen LogP contribution in [0.25, 0.3) is 6.08 Å². The number of alkyl halides is 3. The summed E-state index contributed by atoms with van der Waals surface area (Å²) < 4.78 is 48.0. The molecule has 11 heteroatoms. The quantitative estimate of drug-likeness (QED) is 0.421. The Bertz CT molecular complexity index is 988. The molecule has 2 aliphatic heterocycles. The minimum atomic E-state index is -4.35. The average molecular weight is 530 g/mol. The van der Waals surface area contributed by atoms with Crippen molar-refractivity contribution in [2.75, 3.05) is 32.8 Å². The molecule has 0 aliphatic carbocycles. The van der Waals surface area contributed by atoms with Crippen LogP contribution in [0.4, 0.5) is 13.2 Å². The van der Waals surface area contributed by atoms with Gasteiger partial charge in [0.25, 0.3) is 5.19 Å². The molecule has 2 aliphatic rings. The summed E-state index contributed by atoms with van der Waals surface area (Å²) in [6.07, 6.45) is 4.12. The van der Waals surface area contributed by atoms with Crippen LogP contribution in [0.2, 0.25) is 0 Å². The van der Waals surface area contributed by atoms with E-state index in [1.54, 1.807) is 23.5 Å². The normalized spacial score (nSPS) is 21.7. The lowest BCUT2D eigenvalue weighted by Gasteiger charge is -2.30. The standard InChI is InChI=1S/C24H30F3N3O3S2/c1-16-28-18(14-34-16)3-4-19(31)12-17-2-5-20(32-13-17)6-9-30-10-7-21-22(8-11-30)35-23(29-21)33-15-24(25,26)27/h3-4,14,17,20H,2,5-13,15H2,1H3/b4-3+/t17-,20-/m1/s1. The van der Waals surface area contributed by atoms with E-state index in [0.29, 0.717) is 19.4 Å². The number of fused-ring (bicyclic) bond motifs is 1. The number of aryl methyl sites for hydroxylation is 1. The Kier molecular flexibility index (Phi) is 8.96. The fourth-order valence-corrected chi connectivity index (χ4v) is 5.90. The summed E-state index contributed by atoms with van der Waals surface area (Å²) in [7, 11) is 0.